The van der Waals surface area contributed by atoms with Crippen LogP contribution in [-0.2, 0) is 6.42 Å². The van der Waals surface area contributed by atoms with Crippen LogP contribution in [0.25, 0.3) is 0 Å². The van der Waals surface area contributed by atoms with Crippen molar-refractivity contribution in [1.29, 1.82) is 0 Å². The molecule has 0 aromatic carbocycles. The molecule has 1 fully saturated rings. The summed E-state index contributed by atoms with van der Waals surface area (Å²) < 4.78 is 5.14. The number of hydrogen-bond donors (Lipinski definition) is 2. The number of hydrogen-bond acceptors (Lipinski definition) is 5. The third-order valence-electron chi connectivity index (χ3n) is 2.73. The lowest BCUT2D eigenvalue weighted by atomic mass is 9.89. The van der Waals surface area contributed by atoms with E-state index in [9.17, 15) is 0 Å². The van der Waals surface area contributed by atoms with Crippen molar-refractivity contribution >= 4 is 0 Å². The Hall–Kier alpha value is -0.940. The highest BCUT2D eigenvalue weighted by Crippen LogP contribution is 2.25. The molecule has 2 N–H and O–H groups in total. The number of nitrogens with one attached hydrogen (secondary N) is 1. The Morgan fingerprint density at radius 1 is 1.64 bits per heavy atom. The molecule has 2 heterocycles. The van der Waals surface area contributed by atoms with E-state index in [1.807, 2.05) is 0 Å². The van der Waals surface area contributed by atoms with Crippen LogP contribution in [0, 0.1) is 5.92 Å². The molecule has 0 aliphatic carbocycles. The average Bonchev–Trinajstić information content (AvgIpc) is 2.50. The molecule has 1 atom stereocenters. The molecule has 14 heavy (non-hydrogen) atoms. The molecule has 1 unspecified atom stereocenters. The first-order chi connectivity index (χ1) is 6.81. The topological polar surface area (TPSA) is 71.2 Å². The van der Waals surface area contributed by atoms with Crippen LogP contribution in [0.15, 0.2) is 4.52 Å². The highest BCUT2D eigenvalue weighted by Gasteiger charge is 2.28. The van der Waals surface area contributed by atoms with Gasteiger partial charge in [0.25, 0.3) is 0 Å². The molecule has 2 rings (SSSR count). The lowest BCUT2D eigenvalue weighted by Crippen LogP contribution is -2.44. The van der Waals surface area contributed by atoms with Gasteiger partial charge in [-0.05, 0) is 19.0 Å². The predicted octanol–water partition coefficient (Wildman–Crippen LogP) is -0.0727. The molecule has 0 saturated carbocycles. The fourth-order valence-electron chi connectivity index (χ4n) is 1.52. The molecule has 1 aromatic rings. The normalized spacial score (nSPS) is 19.3. The Kier molecular flexibility index (Phi) is 2.79. The molecule has 0 spiro atoms. The van der Waals surface area contributed by atoms with Gasteiger partial charge in [0.2, 0.25) is 5.89 Å². The van der Waals surface area contributed by atoms with Crippen LogP contribution < -0.4 is 5.32 Å². The first kappa shape index (κ1) is 9.61. The van der Waals surface area contributed by atoms with Gasteiger partial charge in [-0.1, -0.05) is 12.1 Å². The fourth-order valence-corrected chi connectivity index (χ4v) is 1.52. The Bertz CT molecular complexity index is 296. The third-order valence-corrected chi connectivity index (χ3v) is 2.73. The van der Waals surface area contributed by atoms with E-state index in [4.69, 9.17) is 9.63 Å². The van der Waals surface area contributed by atoms with Crippen LogP contribution in [-0.4, -0.2) is 34.9 Å². The summed E-state index contributed by atoms with van der Waals surface area (Å²) in [4.78, 5) is 4.24. The number of nitrogens with zero attached hydrogens (tertiary/aromatic N) is 2. The van der Waals surface area contributed by atoms with Crippen molar-refractivity contribution in [3.05, 3.63) is 11.7 Å². The minimum absolute atomic E-state index is 0.0678. The Morgan fingerprint density at radius 2 is 2.43 bits per heavy atom. The molecule has 0 amide bonds. The Morgan fingerprint density at radius 3 is 3.00 bits per heavy atom. The maximum absolute atomic E-state index is 8.70. The van der Waals surface area contributed by atoms with Crippen molar-refractivity contribution in [2.24, 2.45) is 5.92 Å². The highest BCUT2D eigenvalue weighted by molar-refractivity contribution is 4.98. The standard InChI is InChI=1S/C9H15N3O2/c1-6(7-4-10-5-7)9-11-8(2-3-13)12-14-9/h6-7,10,13H,2-5H2,1H3. The van der Waals surface area contributed by atoms with Gasteiger partial charge in [-0.15, -0.1) is 0 Å². The van der Waals surface area contributed by atoms with E-state index in [1.54, 1.807) is 0 Å². The first-order valence-electron chi connectivity index (χ1n) is 4.95. The van der Waals surface area contributed by atoms with Crippen molar-refractivity contribution in [3.8, 4) is 0 Å². The molecule has 1 aliphatic heterocycles. The molecule has 1 aromatic heterocycles. The minimum Gasteiger partial charge on any atom is -0.396 e. The smallest absolute Gasteiger partial charge is 0.229 e. The van der Waals surface area contributed by atoms with Crippen molar-refractivity contribution in [2.45, 2.75) is 19.3 Å². The van der Waals surface area contributed by atoms with Gasteiger partial charge in [0, 0.05) is 12.3 Å². The molecule has 78 valence electrons. The number of aromatic nitrogens is 2. The number of aliphatic hydroxyl groups excluding tert-OH is 1. The predicted molar refractivity (Wildman–Crippen MR) is 49.9 cm³/mol. The summed E-state index contributed by atoms with van der Waals surface area (Å²) in [7, 11) is 0. The second kappa shape index (κ2) is 4.06. The monoisotopic (exact) mass is 197 g/mol. The molecule has 1 aliphatic rings. The largest absolute Gasteiger partial charge is 0.396 e. The van der Waals surface area contributed by atoms with E-state index in [0.29, 0.717) is 30.0 Å². The molecule has 0 radical (unpaired) electrons. The molecule has 0 bridgehead atoms. The van der Waals surface area contributed by atoms with Crippen LogP contribution in [0.4, 0.5) is 0 Å². The molecular weight excluding hydrogens is 182 g/mol. The summed E-state index contributed by atoms with van der Waals surface area (Å²) in [5, 5.41) is 15.7. The van der Waals surface area contributed by atoms with Crippen molar-refractivity contribution < 1.29 is 9.63 Å². The van der Waals surface area contributed by atoms with Gasteiger partial charge >= 0.3 is 0 Å². The van der Waals surface area contributed by atoms with Crippen LogP contribution >= 0.6 is 0 Å². The van der Waals surface area contributed by atoms with E-state index in [2.05, 4.69) is 22.4 Å². The zero-order valence-corrected chi connectivity index (χ0v) is 8.23. The summed E-state index contributed by atoms with van der Waals surface area (Å²) in [5.41, 5.74) is 0. The highest BCUT2D eigenvalue weighted by atomic mass is 16.5. The average molecular weight is 197 g/mol. The lowest BCUT2D eigenvalue weighted by Gasteiger charge is -2.30. The van der Waals surface area contributed by atoms with Crippen molar-refractivity contribution in [3.63, 3.8) is 0 Å². The van der Waals surface area contributed by atoms with E-state index >= 15 is 0 Å². The van der Waals surface area contributed by atoms with Crippen LogP contribution in [0.3, 0.4) is 0 Å². The summed E-state index contributed by atoms with van der Waals surface area (Å²) in [6.07, 6.45) is 0.471. The van der Waals surface area contributed by atoms with E-state index < -0.39 is 0 Å². The molecule has 5 heteroatoms. The maximum Gasteiger partial charge on any atom is 0.229 e. The Balaban J connectivity index is 2.00. The van der Waals surface area contributed by atoms with Gasteiger partial charge in [0.05, 0.1) is 6.61 Å². The fraction of sp³-hybridized carbons (Fsp3) is 0.778. The second-order valence-corrected chi connectivity index (χ2v) is 3.73. The van der Waals surface area contributed by atoms with Crippen LogP contribution in [0.5, 0.6) is 0 Å². The van der Waals surface area contributed by atoms with Gasteiger partial charge in [0.15, 0.2) is 5.82 Å². The summed E-state index contributed by atoms with van der Waals surface area (Å²) in [6, 6.07) is 0. The number of aliphatic hydroxyl groups is 1. The summed E-state index contributed by atoms with van der Waals surface area (Å²) in [6.45, 7) is 4.22. The van der Waals surface area contributed by atoms with Gasteiger partial charge < -0.3 is 14.9 Å². The van der Waals surface area contributed by atoms with Crippen molar-refractivity contribution in [2.75, 3.05) is 19.7 Å². The second-order valence-electron chi connectivity index (χ2n) is 3.73. The van der Waals surface area contributed by atoms with Gasteiger partial charge in [0.1, 0.15) is 0 Å². The maximum atomic E-state index is 8.70. The Labute approximate surface area is 82.5 Å². The van der Waals surface area contributed by atoms with E-state index in [0.717, 1.165) is 13.1 Å². The SMILES string of the molecule is CC(c1nc(CCO)no1)C1CNC1. The zero-order valence-electron chi connectivity index (χ0n) is 8.23. The lowest BCUT2D eigenvalue weighted by molar-refractivity contribution is 0.251. The van der Waals surface area contributed by atoms with Crippen LogP contribution in [0.2, 0.25) is 0 Å². The van der Waals surface area contributed by atoms with Crippen molar-refractivity contribution in [1.82, 2.24) is 15.5 Å². The van der Waals surface area contributed by atoms with E-state index in [-0.39, 0.29) is 6.61 Å². The molecular formula is C9H15N3O2. The molecule has 5 nitrogen and oxygen atoms in total. The minimum atomic E-state index is 0.0678. The van der Waals surface area contributed by atoms with Gasteiger partial charge in [-0.2, -0.15) is 4.98 Å². The number of rotatable bonds is 4. The van der Waals surface area contributed by atoms with Gasteiger partial charge in [-0.25, -0.2) is 0 Å². The summed E-state index contributed by atoms with van der Waals surface area (Å²) in [5.74, 6) is 2.22. The first-order valence-corrected chi connectivity index (χ1v) is 4.95. The zero-order chi connectivity index (χ0) is 9.97. The summed E-state index contributed by atoms with van der Waals surface area (Å²) >= 11 is 0. The van der Waals surface area contributed by atoms with Crippen LogP contribution in [0.1, 0.15) is 24.6 Å². The van der Waals surface area contributed by atoms with E-state index in [1.165, 1.54) is 0 Å². The van der Waals surface area contributed by atoms with Gasteiger partial charge in [-0.3, -0.25) is 0 Å². The quantitative estimate of drug-likeness (QED) is 0.707. The molecule has 1 saturated heterocycles. The third kappa shape index (κ3) is 1.78.